The number of halogens is 1. The number of hydrogen-bond donors (Lipinski definition) is 2. The van der Waals surface area contributed by atoms with E-state index in [0.29, 0.717) is 13.0 Å². The summed E-state index contributed by atoms with van der Waals surface area (Å²) in [5.74, 6) is -1.59. The Balaban J connectivity index is 2.39. The third-order valence-corrected chi connectivity index (χ3v) is 2.55. The smallest absolute Gasteiger partial charge is 0.303 e. The molecule has 0 aromatic heterocycles. The van der Waals surface area contributed by atoms with Crippen molar-refractivity contribution in [3.05, 3.63) is 35.6 Å². The van der Waals surface area contributed by atoms with Gasteiger partial charge in [0.2, 0.25) is 0 Å². The molecule has 18 heavy (non-hydrogen) atoms. The standard InChI is InChI=1S/C13H16FNO3/c1-9(5-6-12(16)17)8-15-13(18)10-3-2-4-11(14)7-10/h2-4,7,9H,5-6,8H2,1H3,(H,15,18)(H,16,17). The molecule has 0 bridgehead atoms. The van der Waals surface area contributed by atoms with E-state index >= 15 is 0 Å². The first kappa shape index (κ1) is 14.2. The topological polar surface area (TPSA) is 66.4 Å². The number of amides is 1. The first-order valence-electron chi connectivity index (χ1n) is 5.74. The molecule has 1 amide bonds. The summed E-state index contributed by atoms with van der Waals surface area (Å²) < 4.78 is 12.9. The van der Waals surface area contributed by atoms with Gasteiger partial charge in [0.15, 0.2) is 0 Å². The first-order chi connectivity index (χ1) is 8.49. The molecule has 1 aromatic carbocycles. The Hall–Kier alpha value is -1.91. The van der Waals surface area contributed by atoms with E-state index in [1.54, 1.807) is 0 Å². The van der Waals surface area contributed by atoms with Crippen LogP contribution in [0.15, 0.2) is 24.3 Å². The van der Waals surface area contributed by atoms with Crippen LogP contribution in [0.2, 0.25) is 0 Å². The highest BCUT2D eigenvalue weighted by Crippen LogP contribution is 2.06. The summed E-state index contributed by atoms with van der Waals surface area (Å²) in [4.78, 5) is 22.0. The van der Waals surface area contributed by atoms with Crippen LogP contribution in [0, 0.1) is 11.7 Å². The number of hydrogen-bond acceptors (Lipinski definition) is 2. The monoisotopic (exact) mass is 253 g/mol. The molecule has 1 aromatic rings. The maximum Gasteiger partial charge on any atom is 0.303 e. The summed E-state index contributed by atoms with van der Waals surface area (Å²) in [6, 6.07) is 5.43. The average Bonchev–Trinajstić information content (AvgIpc) is 2.33. The molecule has 0 aliphatic carbocycles. The maximum atomic E-state index is 12.9. The predicted molar refractivity (Wildman–Crippen MR) is 64.8 cm³/mol. The zero-order valence-corrected chi connectivity index (χ0v) is 10.1. The summed E-state index contributed by atoms with van der Waals surface area (Å²) in [6.45, 7) is 2.23. The van der Waals surface area contributed by atoms with Crippen LogP contribution < -0.4 is 5.32 Å². The highest BCUT2D eigenvalue weighted by atomic mass is 19.1. The first-order valence-corrected chi connectivity index (χ1v) is 5.74. The number of carbonyl (C=O) groups excluding carboxylic acids is 1. The molecule has 0 aliphatic heterocycles. The molecule has 0 saturated carbocycles. The van der Waals surface area contributed by atoms with Crippen molar-refractivity contribution in [2.24, 2.45) is 5.92 Å². The van der Waals surface area contributed by atoms with Gasteiger partial charge in [0.25, 0.3) is 5.91 Å². The number of carbonyl (C=O) groups is 2. The van der Waals surface area contributed by atoms with Gasteiger partial charge in [-0.2, -0.15) is 0 Å². The number of rotatable bonds is 6. The number of aliphatic carboxylic acids is 1. The van der Waals surface area contributed by atoms with Gasteiger partial charge < -0.3 is 10.4 Å². The van der Waals surface area contributed by atoms with Crippen LogP contribution in [-0.2, 0) is 4.79 Å². The van der Waals surface area contributed by atoms with Crippen LogP contribution in [0.4, 0.5) is 4.39 Å². The molecule has 0 radical (unpaired) electrons. The van der Waals surface area contributed by atoms with Crippen LogP contribution in [-0.4, -0.2) is 23.5 Å². The predicted octanol–water partition coefficient (Wildman–Crippen LogP) is 2.06. The SMILES string of the molecule is CC(CCC(=O)O)CNC(=O)c1cccc(F)c1. The van der Waals surface area contributed by atoms with Crippen molar-refractivity contribution >= 4 is 11.9 Å². The Morgan fingerprint density at radius 3 is 2.78 bits per heavy atom. The van der Waals surface area contributed by atoms with E-state index in [2.05, 4.69) is 5.32 Å². The Labute approximate surface area is 105 Å². The van der Waals surface area contributed by atoms with E-state index in [1.807, 2.05) is 6.92 Å². The zero-order chi connectivity index (χ0) is 13.5. The number of carboxylic acid groups (broad SMARTS) is 1. The summed E-state index contributed by atoms with van der Waals surface area (Å²) in [7, 11) is 0. The molecule has 98 valence electrons. The lowest BCUT2D eigenvalue weighted by Crippen LogP contribution is -2.28. The Morgan fingerprint density at radius 2 is 2.17 bits per heavy atom. The Kier molecular flexibility index (Phi) is 5.30. The van der Waals surface area contributed by atoms with Gasteiger partial charge in [-0.1, -0.05) is 13.0 Å². The minimum atomic E-state index is -0.849. The summed E-state index contributed by atoms with van der Waals surface area (Å²) >= 11 is 0. The van der Waals surface area contributed by atoms with Crippen LogP contribution in [0.3, 0.4) is 0 Å². The molecule has 1 rings (SSSR count). The minimum absolute atomic E-state index is 0.0682. The van der Waals surface area contributed by atoms with Crippen molar-refractivity contribution in [1.82, 2.24) is 5.32 Å². The van der Waals surface area contributed by atoms with Gasteiger partial charge >= 0.3 is 5.97 Å². The van der Waals surface area contributed by atoms with Crippen molar-refractivity contribution < 1.29 is 19.1 Å². The minimum Gasteiger partial charge on any atom is -0.481 e. The molecule has 0 aliphatic rings. The van der Waals surface area contributed by atoms with Crippen molar-refractivity contribution in [3.63, 3.8) is 0 Å². The molecule has 1 atom stereocenters. The van der Waals surface area contributed by atoms with Crippen molar-refractivity contribution in [2.75, 3.05) is 6.54 Å². The lowest BCUT2D eigenvalue weighted by Gasteiger charge is -2.11. The number of carboxylic acids is 1. The van der Waals surface area contributed by atoms with E-state index in [0.717, 1.165) is 6.07 Å². The van der Waals surface area contributed by atoms with E-state index in [1.165, 1.54) is 18.2 Å². The van der Waals surface area contributed by atoms with Gasteiger partial charge in [-0.05, 0) is 30.5 Å². The van der Waals surface area contributed by atoms with E-state index < -0.39 is 11.8 Å². The van der Waals surface area contributed by atoms with Crippen molar-refractivity contribution in [3.8, 4) is 0 Å². The van der Waals surface area contributed by atoms with Crippen LogP contribution in [0.25, 0.3) is 0 Å². The van der Waals surface area contributed by atoms with Gasteiger partial charge in [-0.25, -0.2) is 4.39 Å². The fourth-order valence-electron chi connectivity index (χ4n) is 1.47. The Bertz CT molecular complexity index is 434. The third kappa shape index (κ3) is 4.95. The molecule has 4 nitrogen and oxygen atoms in total. The molecule has 1 unspecified atom stereocenters. The molecule has 2 N–H and O–H groups in total. The molecule has 0 spiro atoms. The van der Waals surface area contributed by atoms with Gasteiger partial charge in [-0.15, -0.1) is 0 Å². The van der Waals surface area contributed by atoms with Gasteiger partial charge in [-0.3, -0.25) is 9.59 Å². The van der Waals surface area contributed by atoms with Gasteiger partial charge in [0.1, 0.15) is 5.82 Å². The van der Waals surface area contributed by atoms with Crippen LogP contribution >= 0.6 is 0 Å². The van der Waals surface area contributed by atoms with E-state index in [4.69, 9.17) is 5.11 Å². The fourth-order valence-corrected chi connectivity index (χ4v) is 1.47. The number of benzene rings is 1. The maximum absolute atomic E-state index is 12.9. The molecule has 0 heterocycles. The lowest BCUT2D eigenvalue weighted by molar-refractivity contribution is -0.137. The largest absolute Gasteiger partial charge is 0.481 e. The molecular formula is C13H16FNO3. The van der Waals surface area contributed by atoms with Gasteiger partial charge in [0, 0.05) is 18.5 Å². The lowest BCUT2D eigenvalue weighted by atomic mass is 10.1. The second-order valence-electron chi connectivity index (χ2n) is 4.26. The van der Waals surface area contributed by atoms with Crippen molar-refractivity contribution in [1.29, 1.82) is 0 Å². The normalized spacial score (nSPS) is 11.9. The van der Waals surface area contributed by atoms with E-state index in [-0.39, 0.29) is 23.8 Å². The van der Waals surface area contributed by atoms with E-state index in [9.17, 15) is 14.0 Å². The summed E-state index contributed by atoms with van der Waals surface area (Å²) in [5, 5.41) is 11.2. The molecular weight excluding hydrogens is 237 g/mol. The van der Waals surface area contributed by atoms with Crippen LogP contribution in [0.5, 0.6) is 0 Å². The highest BCUT2D eigenvalue weighted by molar-refractivity contribution is 5.94. The quantitative estimate of drug-likeness (QED) is 0.815. The number of nitrogens with one attached hydrogen (secondary N) is 1. The second kappa shape index (κ2) is 6.74. The second-order valence-corrected chi connectivity index (χ2v) is 4.26. The van der Waals surface area contributed by atoms with Gasteiger partial charge in [0.05, 0.1) is 0 Å². The molecule has 5 heteroatoms. The molecule has 0 saturated heterocycles. The van der Waals surface area contributed by atoms with Crippen LogP contribution in [0.1, 0.15) is 30.1 Å². The third-order valence-electron chi connectivity index (χ3n) is 2.55. The summed E-state index contributed by atoms with van der Waals surface area (Å²) in [6.07, 6.45) is 0.579. The molecule has 0 fully saturated rings. The Morgan fingerprint density at radius 1 is 1.44 bits per heavy atom. The average molecular weight is 253 g/mol. The zero-order valence-electron chi connectivity index (χ0n) is 10.1. The summed E-state index contributed by atoms with van der Waals surface area (Å²) in [5.41, 5.74) is 0.264. The van der Waals surface area contributed by atoms with Crippen molar-refractivity contribution in [2.45, 2.75) is 19.8 Å². The highest BCUT2D eigenvalue weighted by Gasteiger charge is 2.09. The fraction of sp³-hybridized carbons (Fsp3) is 0.385.